The fraction of sp³-hybridized carbons (Fsp3) is 0.833. The molecule has 60 valence electrons. The zero-order valence-corrected chi connectivity index (χ0v) is 6.46. The maximum atomic E-state index is 9.35. The molecule has 1 unspecified atom stereocenters. The van der Waals surface area contributed by atoms with E-state index in [1.165, 1.54) is 0 Å². The normalized spacial score (nSPS) is 15.9. The van der Waals surface area contributed by atoms with Crippen molar-refractivity contribution < 1.29 is 5.11 Å². The first-order valence-electron chi connectivity index (χ1n) is 3.26. The maximum absolute atomic E-state index is 9.35. The average molecular weight is 145 g/mol. The van der Waals surface area contributed by atoms with Crippen LogP contribution >= 0.6 is 0 Å². The van der Waals surface area contributed by atoms with E-state index < -0.39 is 5.60 Å². The standard InChI is InChI=1S/C6H15N3O/c1-3-6(2,10)4-9-5(7)8/h10H,3-4H2,1-2H3,(H4,7,8,9). The van der Waals surface area contributed by atoms with Crippen LogP contribution in [-0.2, 0) is 0 Å². The minimum absolute atomic E-state index is 0.0220. The summed E-state index contributed by atoms with van der Waals surface area (Å²) >= 11 is 0. The minimum Gasteiger partial charge on any atom is -0.388 e. The lowest BCUT2D eigenvalue weighted by Crippen LogP contribution is -2.31. The van der Waals surface area contributed by atoms with Gasteiger partial charge in [0.1, 0.15) is 0 Å². The molecular weight excluding hydrogens is 130 g/mol. The van der Waals surface area contributed by atoms with Crippen LogP contribution in [0.3, 0.4) is 0 Å². The molecule has 0 amide bonds. The number of rotatable bonds is 3. The van der Waals surface area contributed by atoms with Crippen LogP contribution in [-0.4, -0.2) is 23.2 Å². The quantitative estimate of drug-likeness (QED) is 0.367. The summed E-state index contributed by atoms with van der Waals surface area (Å²) in [4.78, 5) is 3.69. The van der Waals surface area contributed by atoms with Gasteiger partial charge in [-0.05, 0) is 13.3 Å². The molecule has 0 rings (SSSR count). The minimum atomic E-state index is -0.774. The lowest BCUT2D eigenvalue weighted by atomic mass is 10.1. The second kappa shape index (κ2) is 3.41. The Hall–Kier alpha value is -0.770. The molecule has 0 aliphatic rings. The van der Waals surface area contributed by atoms with Crippen LogP contribution in [0.4, 0.5) is 0 Å². The smallest absolute Gasteiger partial charge is 0.186 e. The zero-order valence-electron chi connectivity index (χ0n) is 6.46. The number of aliphatic imine (C=N–C) groups is 1. The molecule has 0 fully saturated rings. The second-order valence-corrected chi connectivity index (χ2v) is 2.59. The predicted octanol–water partition coefficient (Wildman–Crippen LogP) is -0.579. The van der Waals surface area contributed by atoms with Crippen LogP contribution in [0.1, 0.15) is 20.3 Å². The van der Waals surface area contributed by atoms with E-state index in [-0.39, 0.29) is 12.5 Å². The van der Waals surface area contributed by atoms with Crippen LogP contribution in [0.5, 0.6) is 0 Å². The SMILES string of the molecule is CCC(C)(O)CN=C(N)N. The van der Waals surface area contributed by atoms with E-state index >= 15 is 0 Å². The predicted molar refractivity (Wildman–Crippen MR) is 41.6 cm³/mol. The lowest BCUT2D eigenvalue weighted by Gasteiger charge is -2.17. The summed E-state index contributed by atoms with van der Waals surface area (Å²) in [5.74, 6) is 0.0220. The Labute approximate surface area is 60.9 Å². The van der Waals surface area contributed by atoms with Crippen LogP contribution in [0.15, 0.2) is 4.99 Å². The second-order valence-electron chi connectivity index (χ2n) is 2.59. The van der Waals surface area contributed by atoms with Crippen LogP contribution < -0.4 is 11.5 Å². The van der Waals surface area contributed by atoms with E-state index in [2.05, 4.69) is 4.99 Å². The first-order valence-corrected chi connectivity index (χ1v) is 3.26. The molecule has 0 heterocycles. The van der Waals surface area contributed by atoms with Gasteiger partial charge in [0.15, 0.2) is 5.96 Å². The van der Waals surface area contributed by atoms with E-state index in [1.807, 2.05) is 6.92 Å². The van der Waals surface area contributed by atoms with Crippen molar-refractivity contribution in [3.8, 4) is 0 Å². The number of nitrogens with two attached hydrogens (primary N) is 2. The van der Waals surface area contributed by atoms with E-state index in [0.717, 1.165) is 0 Å². The van der Waals surface area contributed by atoms with E-state index in [9.17, 15) is 5.11 Å². The first kappa shape index (κ1) is 9.23. The van der Waals surface area contributed by atoms with E-state index in [4.69, 9.17) is 11.5 Å². The molecule has 0 saturated carbocycles. The summed E-state index contributed by atoms with van der Waals surface area (Å²) < 4.78 is 0. The summed E-state index contributed by atoms with van der Waals surface area (Å²) in [5, 5.41) is 9.35. The Balaban J connectivity index is 3.78. The summed E-state index contributed by atoms with van der Waals surface area (Å²) in [6.45, 7) is 3.84. The van der Waals surface area contributed by atoms with Crippen LogP contribution in [0.25, 0.3) is 0 Å². The van der Waals surface area contributed by atoms with Gasteiger partial charge in [0, 0.05) is 0 Å². The molecule has 0 aromatic rings. The van der Waals surface area contributed by atoms with Crippen molar-refractivity contribution in [1.29, 1.82) is 0 Å². The summed E-state index contributed by atoms with van der Waals surface area (Å²) in [6, 6.07) is 0. The highest BCUT2D eigenvalue weighted by atomic mass is 16.3. The lowest BCUT2D eigenvalue weighted by molar-refractivity contribution is 0.0657. The van der Waals surface area contributed by atoms with Gasteiger partial charge in [0.25, 0.3) is 0 Å². The van der Waals surface area contributed by atoms with Crippen molar-refractivity contribution >= 4 is 5.96 Å². The fourth-order valence-electron chi connectivity index (χ4n) is 0.373. The molecule has 0 bridgehead atoms. The Bertz CT molecular complexity index is 127. The molecule has 1 atom stereocenters. The van der Waals surface area contributed by atoms with Crippen LogP contribution in [0.2, 0.25) is 0 Å². The molecule has 10 heavy (non-hydrogen) atoms. The molecule has 0 aliphatic carbocycles. The van der Waals surface area contributed by atoms with Gasteiger partial charge in [-0.15, -0.1) is 0 Å². The van der Waals surface area contributed by atoms with Gasteiger partial charge in [0.05, 0.1) is 12.1 Å². The molecule has 0 saturated heterocycles. The van der Waals surface area contributed by atoms with Crippen LogP contribution in [0, 0.1) is 0 Å². The zero-order chi connectivity index (χ0) is 8.20. The monoisotopic (exact) mass is 145 g/mol. The highest BCUT2D eigenvalue weighted by Gasteiger charge is 2.15. The number of aliphatic hydroxyl groups is 1. The number of hydrogen-bond donors (Lipinski definition) is 3. The summed E-state index contributed by atoms with van der Waals surface area (Å²) in [6.07, 6.45) is 0.643. The van der Waals surface area contributed by atoms with Crippen molar-refractivity contribution in [3.05, 3.63) is 0 Å². The molecule has 0 spiro atoms. The Morgan fingerprint density at radius 3 is 2.40 bits per heavy atom. The summed E-state index contributed by atoms with van der Waals surface area (Å²) in [5.41, 5.74) is 9.37. The Kier molecular flexibility index (Phi) is 3.15. The van der Waals surface area contributed by atoms with Crippen molar-refractivity contribution in [3.63, 3.8) is 0 Å². The molecule has 4 nitrogen and oxygen atoms in total. The number of hydrogen-bond acceptors (Lipinski definition) is 2. The topological polar surface area (TPSA) is 84.6 Å². The molecule has 0 radical (unpaired) electrons. The number of nitrogens with zero attached hydrogens (tertiary/aromatic N) is 1. The summed E-state index contributed by atoms with van der Waals surface area (Å²) in [7, 11) is 0. The van der Waals surface area contributed by atoms with Crippen molar-refractivity contribution in [1.82, 2.24) is 0 Å². The number of guanidine groups is 1. The Morgan fingerprint density at radius 1 is 1.60 bits per heavy atom. The maximum Gasteiger partial charge on any atom is 0.186 e. The first-order chi connectivity index (χ1) is 4.48. The van der Waals surface area contributed by atoms with Crippen molar-refractivity contribution in [2.75, 3.05) is 6.54 Å². The van der Waals surface area contributed by atoms with Crippen molar-refractivity contribution in [2.45, 2.75) is 25.9 Å². The Morgan fingerprint density at radius 2 is 2.10 bits per heavy atom. The largest absolute Gasteiger partial charge is 0.388 e. The van der Waals surface area contributed by atoms with Gasteiger partial charge >= 0.3 is 0 Å². The fourth-order valence-corrected chi connectivity index (χ4v) is 0.373. The van der Waals surface area contributed by atoms with Gasteiger partial charge < -0.3 is 16.6 Å². The highest BCUT2D eigenvalue weighted by molar-refractivity contribution is 5.75. The van der Waals surface area contributed by atoms with Gasteiger partial charge in [-0.1, -0.05) is 6.92 Å². The van der Waals surface area contributed by atoms with Gasteiger partial charge in [-0.2, -0.15) is 0 Å². The van der Waals surface area contributed by atoms with Gasteiger partial charge in [-0.25, -0.2) is 0 Å². The molecule has 5 N–H and O–H groups in total. The molecular formula is C6H15N3O. The van der Waals surface area contributed by atoms with E-state index in [0.29, 0.717) is 6.42 Å². The molecule has 0 aliphatic heterocycles. The average Bonchev–Trinajstić information content (AvgIpc) is 1.85. The molecule has 0 aromatic carbocycles. The third kappa shape index (κ3) is 4.14. The van der Waals surface area contributed by atoms with E-state index in [1.54, 1.807) is 6.92 Å². The van der Waals surface area contributed by atoms with Gasteiger partial charge in [-0.3, -0.25) is 4.99 Å². The third-order valence-corrected chi connectivity index (χ3v) is 1.36. The molecule has 0 aromatic heterocycles. The third-order valence-electron chi connectivity index (χ3n) is 1.36. The molecule has 4 heteroatoms. The van der Waals surface area contributed by atoms with Gasteiger partial charge in [0.2, 0.25) is 0 Å². The highest BCUT2D eigenvalue weighted by Crippen LogP contribution is 2.07. The van der Waals surface area contributed by atoms with Crippen molar-refractivity contribution in [2.24, 2.45) is 16.5 Å².